The highest BCUT2D eigenvalue weighted by molar-refractivity contribution is 7.10. The van der Waals surface area contributed by atoms with Crippen LogP contribution in [0.25, 0.3) is 0 Å². The molecule has 1 aromatic heterocycles. The first-order valence-electron chi connectivity index (χ1n) is 4.17. The van der Waals surface area contributed by atoms with Crippen LogP contribution >= 0.6 is 11.3 Å². The summed E-state index contributed by atoms with van der Waals surface area (Å²) in [5.74, 6) is 0.782. The minimum Gasteiger partial charge on any atom is -0.300 e. The van der Waals surface area contributed by atoms with Crippen LogP contribution in [0, 0.1) is 0 Å². The SMILES string of the molecule is CC(=O)Cc1sccc1C(C)C. The Morgan fingerprint density at radius 2 is 2.25 bits per heavy atom. The summed E-state index contributed by atoms with van der Waals surface area (Å²) >= 11 is 1.69. The van der Waals surface area contributed by atoms with E-state index in [0.717, 1.165) is 0 Å². The van der Waals surface area contributed by atoms with Crippen LogP contribution in [0.2, 0.25) is 0 Å². The zero-order valence-corrected chi connectivity index (χ0v) is 8.57. The Kier molecular flexibility index (Phi) is 3.04. The lowest BCUT2D eigenvalue weighted by atomic mass is 10.0. The molecule has 0 aliphatic heterocycles. The van der Waals surface area contributed by atoms with Gasteiger partial charge in [-0.15, -0.1) is 11.3 Å². The van der Waals surface area contributed by atoms with E-state index < -0.39 is 0 Å². The second-order valence-corrected chi connectivity index (χ2v) is 4.33. The van der Waals surface area contributed by atoms with Crippen LogP contribution in [0.1, 0.15) is 37.1 Å². The minimum atomic E-state index is 0.249. The molecule has 1 nitrogen and oxygen atoms in total. The molecule has 0 aliphatic rings. The highest BCUT2D eigenvalue weighted by atomic mass is 32.1. The van der Waals surface area contributed by atoms with Crippen LogP contribution in [0.3, 0.4) is 0 Å². The molecular weight excluding hydrogens is 168 g/mol. The second kappa shape index (κ2) is 3.85. The van der Waals surface area contributed by atoms with Gasteiger partial charge in [-0.3, -0.25) is 4.79 Å². The third-order valence-electron chi connectivity index (χ3n) is 1.81. The second-order valence-electron chi connectivity index (χ2n) is 3.33. The third kappa shape index (κ3) is 2.18. The van der Waals surface area contributed by atoms with Crippen molar-refractivity contribution in [3.8, 4) is 0 Å². The molecule has 1 heterocycles. The van der Waals surface area contributed by atoms with Gasteiger partial charge in [-0.05, 0) is 29.9 Å². The van der Waals surface area contributed by atoms with Crippen LogP contribution in [-0.2, 0) is 11.2 Å². The Balaban J connectivity index is 2.84. The summed E-state index contributed by atoms with van der Waals surface area (Å²) in [6, 6.07) is 2.12. The van der Waals surface area contributed by atoms with E-state index >= 15 is 0 Å². The molecule has 0 saturated carbocycles. The normalized spacial score (nSPS) is 10.7. The van der Waals surface area contributed by atoms with Gasteiger partial charge in [0.2, 0.25) is 0 Å². The molecule has 0 atom stereocenters. The fraction of sp³-hybridized carbons (Fsp3) is 0.500. The first-order chi connectivity index (χ1) is 5.61. The predicted octanol–water partition coefficient (Wildman–Crippen LogP) is 3.00. The molecule has 0 spiro atoms. The molecule has 0 aromatic carbocycles. The maximum Gasteiger partial charge on any atom is 0.135 e. The quantitative estimate of drug-likeness (QED) is 0.702. The van der Waals surface area contributed by atoms with Crippen molar-refractivity contribution in [1.82, 2.24) is 0 Å². The summed E-state index contributed by atoms with van der Waals surface area (Å²) in [6.45, 7) is 5.96. The topological polar surface area (TPSA) is 17.1 Å². The van der Waals surface area contributed by atoms with Crippen molar-refractivity contribution in [1.29, 1.82) is 0 Å². The summed E-state index contributed by atoms with van der Waals surface area (Å²) in [6.07, 6.45) is 0.602. The van der Waals surface area contributed by atoms with Gasteiger partial charge in [-0.1, -0.05) is 13.8 Å². The maximum atomic E-state index is 10.9. The van der Waals surface area contributed by atoms with E-state index in [9.17, 15) is 4.79 Å². The number of Topliss-reactive ketones (excluding diaryl/α,β-unsaturated/α-hetero) is 1. The smallest absolute Gasteiger partial charge is 0.135 e. The highest BCUT2D eigenvalue weighted by Crippen LogP contribution is 2.24. The Morgan fingerprint density at radius 3 is 2.75 bits per heavy atom. The molecule has 0 amide bonds. The molecule has 12 heavy (non-hydrogen) atoms. The van der Waals surface area contributed by atoms with E-state index in [0.29, 0.717) is 12.3 Å². The Labute approximate surface area is 77.4 Å². The third-order valence-corrected chi connectivity index (χ3v) is 2.75. The monoisotopic (exact) mass is 182 g/mol. The van der Waals surface area contributed by atoms with E-state index in [1.54, 1.807) is 18.3 Å². The van der Waals surface area contributed by atoms with Crippen molar-refractivity contribution in [2.24, 2.45) is 0 Å². The molecule has 66 valence electrons. The summed E-state index contributed by atoms with van der Waals surface area (Å²) < 4.78 is 0. The van der Waals surface area contributed by atoms with Gasteiger partial charge in [-0.2, -0.15) is 0 Å². The van der Waals surface area contributed by atoms with Crippen LogP contribution in [0.4, 0.5) is 0 Å². The van der Waals surface area contributed by atoms with E-state index in [1.165, 1.54) is 10.4 Å². The Morgan fingerprint density at radius 1 is 1.58 bits per heavy atom. The first kappa shape index (κ1) is 9.46. The van der Waals surface area contributed by atoms with Gasteiger partial charge in [0.05, 0.1) is 0 Å². The summed E-state index contributed by atoms with van der Waals surface area (Å²) in [5, 5.41) is 2.06. The van der Waals surface area contributed by atoms with Gasteiger partial charge >= 0.3 is 0 Å². The van der Waals surface area contributed by atoms with Crippen molar-refractivity contribution in [2.45, 2.75) is 33.1 Å². The molecule has 1 aromatic rings. The zero-order chi connectivity index (χ0) is 9.14. The predicted molar refractivity (Wildman–Crippen MR) is 52.8 cm³/mol. The summed E-state index contributed by atoms with van der Waals surface area (Å²) in [7, 11) is 0. The van der Waals surface area contributed by atoms with Crippen LogP contribution in [0.15, 0.2) is 11.4 Å². The Bertz CT molecular complexity index is 273. The highest BCUT2D eigenvalue weighted by Gasteiger charge is 2.08. The fourth-order valence-electron chi connectivity index (χ4n) is 1.23. The van der Waals surface area contributed by atoms with Gasteiger partial charge in [0.25, 0.3) is 0 Å². The largest absolute Gasteiger partial charge is 0.300 e. The van der Waals surface area contributed by atoms with Gasteiger partial charge in [0.15, 0.2) is 0 Å². The van der Waals surface area contributed by atoms with Gasteiger partial charge in [0.1, 0.15) is 5.78 Å². The van der Waals surface area contributed by atoms with Crippen molar-refractivity contribution < 1.29 is 4.79 Å². The zero-order valence-electron chi connectivity index (χ0n) is 7.76. The van der Waals surface area contributed by atoms with Crippen molar-refractivity contribution >= 4 is 17.1 Å². The van der Waals surface area contributed by atoms with E-state index in [-0.39, 0.29) is 5.78 Å². The average Bonchev–Trinajstić information content (AvgIpc) is 2.33. The fourth-order valence-corrected chi connectivity index (χ4v) is 2.34. The van der Waals surface area contributed by atoms with E-state index in [2.05, 4.69) is 25.3 Å². The molecule has 2 heteroatoms. The molecule has 0 saturated heterocycles. The molecule has 0 aliphatic carbocycles. The number of hydrogen-bond donors (Lipinski definition) is 0. The molecule has 0 fully saturated rings. The molecule has 0 radical (unpaired) electrons. The minimum absolute atomic E-state index is 0.249. The maximum absolute atomic E-state index is 10.9. The number of carbonyl (C=O) groups excluding carboxylic acids is 1. The van der Waals surface area contributed by atoms with Crippen LogP contribution in [0.5, 0.6) is 0 Å². The number of rotatable bonds is 3. The molecule has 1 rings (SSSR count). The van der Waals surface area contributed by atoms with Crippen LogP contribution in [-0.4, -0.2) is 5.78 Å². The molecule has 0 unspecified atom stereocenters. The van der Waals surface area contributed by atoms with Crippen molar-refractivity contribution in [2.75, 3.05) is 0 Å². The van der Waals surface area contributed by atoms with Crippen LogP contribution < -0.4 is 0 Å². The van der Waals surface area contributed by atoms with Gasteiger partial charge in [-0.25, -0.2) is 0 Å². The van der Waals surface area contributed by atoms with Gasteiger partial charge in [0, 0.05) is 11.3 Å². The lowest BCUT2D eigenvalue weighted by Gasteiger charge is -2.04. The summed E-state index contributed by atoms with van der Waals surface area (Å²) in [5.41, 5.74) is 1.33. The Hall–Kier alpha value is -0.630. The van der Waals surface area contributed by atoms with Crippen molar-refractivity contribution in [3.63, 3.8) is 0 Å². The average molecular weight is 182 g/mol. The lowest BCUT2D eigenvalue weighted by Crippen LogP contribution is -1.98. The lowest BCUT2D eigenvalue weighted by molar-refractivity contribution is -0.116. The number of ketones is 1. The first-order valence-corrected chi connectivity index (χ1v) is 5.05. The van der Waals surface area contributed by atoms with E-state index in [4.69, 9.17) is 0 Å². The van der Waals surface area contributed by atoms with E-state index in [1.807, 2.05) is 0 Å². The standard InChI is InChI=1S/C10H14OS/c1-7(2)9-4-5-12-10(9)6-8(3)11/h4-5,7H,6H2,1-3H3. The number of carbonyl (C=O) groups is 1. The van der Waals surface area contributed by atoms with Gasteiger partial charge < -0.3 is 0 Å². The molecule has 0 N–H and O–H groups in total. The summed E-state index contributed by atoms with van der Waals surface area (Å²) in [4.78, 5) is 12.1. The number of hydrogen-bond acceptors (Lipinski definition) is 2. The number of thiophene rings is 1. The molecular formula is C10H14OS. The van der Waals surface area contributed by atoms with Crippen molar-refractivity contribution in [3.05, 3.63) is 21.9 Å². The molecule has 0 bridgehead atoms.